The molecule has 1 amide bonds. The Bertz CT molecular complexity index is 523. The number of hydrogen-bond acceptors (Lipinski definition) is 2. The van der Waals surface area contributed by atoms with Gasteiger partial charge in [0.05, 0.1) is 14.8 Å². The Labute approximate surface area is 126 Å². The molecule has 0 unspecified atom stereocenters. The fourth-order valence-electron chi connectivity index (χ4n) is 1.28. The Hall–Kier alpha value is -1.06. The van der Waals surface area contributed by atoms with Gasteiger partial charge in [0.1, 0.15) is 5.60 Å². The highest BCUT2D eigenvalue weighted by Gasteiger charge is 2.35. The minimum Gasteiger partial charge on any atom is -0.444 e. The lowest BCUT2D eigenvalue weighted by atomic mass is 10.2. The summed E-state index contributed by atoms with van der Waals surface area (Å²) in [6, 6.07) is 1.56. The molecule has 0 fully saturated rings. The predicted octanol–water partition coefficient (Wildman–Crippen LogP) is 4.80. The molecule has 20 heavy (non-hydrogen) atoms. The molecule has 8 heteroatoms. The summed E-state index contributed by atoms with van der Waals surface area (Å²) in [4.78, 5) is 11.5. The summed E-state index contributed by atoms with van der Waals surface area (Å²) in [5, 5.41) is 2.21. The van der Waals surface area contributed by atoms with Crippen LogP contribution in [0, 0.1) is 9.39 Å². The molecule has 0 heterocycles. The number of halogens is 5. The van der Waals surface area contributed by atoms with Gasteiger partial charge in [-0.1, -0.05) is 0 Å². The van der Waals surface area contributed by atoms with Crippen LogP contribution in [0.15, 0.2) is 12.1 Å². The van der Waals surface area contributed by atoms with Crippen LogP contribution in [-0.2, 0) is 10.9 Å². The van der Waals surface area contributed by atoms with Crippen molar-refractivity contribution in [1.82, 2.24) is 0 Å². The van der Waals surface area contributed by atoms with Crippen LogP contribution in [0.2, 0.25) is 0 Å². The van der Waals surface area contributed by atoms with Gasteiger partial charge in [-0.25, -0.2) is 9.18 Å². The van der Waals surface area contributed by atoms with Gasteiger partial charge in [0.25, 0.3) is 0 Å². The lowest BCUT2D eigenvalue weighted by Crippen LogP contribution is -2.27. The van der Waals surface area contributed by atoms with Crippen LogP contribution < -0.4 is 5.32 Å². The lowest BCUT2D eigenvalue weighted by molar-refractivity contribution is -0.140. The quantitative estimate of drug-likeness (QED) is 0.539. The summed E-state index contributed by atoms with van der Waals surface area (Å²) in [5.41, 5.74) is -2.22. The van der Waals surface area contributed by atoms with Crippen molar-refractivity contribution in [2.45, 2.75) is 32.5 Å². The monoisotopic (exact) mass is 405 g/mol. The van der Waals surface area contributed by atoms with Crippen molar-refractivity contribution in [2.24, 2.45) is 0 Å². The number of carbonyl (C=O) groups excluding carboxylic acids is 1. The SMILES string of the molecule is CC(C)(C)OC(=O)Nc1ccc(C(F)(F)F)c(F)c1I. The molecule has 0 saturated heterocycles. The third kappa shape index (κ3) is 4.50. The van der Waals surface area contributed by atoms with E-state index in [0.717, 1.165) is 6.07 Å². The third-order valence-electron chi connectivity index (χ3n) is 2.02. The average Bonchev–Trinajstić information content (AvgIpc) is 2.20. The molecule has 0 atom stereocenters. The van der Waals surface area contributed by atoms with Gasteiger partial charge in [-0.15, -0.1) is 0 Å². The zero-order chi connectivity index (χ0) is 15.7. The minimum atomic E-state index is -4.78. The number of ether oxygens (including phenoxy) is 1. The molecule has 0 aliphatic rings. The molecule has 1 N–H and O–H groups in total. The Kier molecular flexibility index (Phi) is 4.88. The van der Waals surface area contributed by atoms with Gasteiger partial charge in [-0.05, 0) is 55.5 Å². The van der Waals surface area contributed by atoms with Crippen LogP contribution in [0.4, 0.5) is 28.0 Å². The van der Waals surface area contributed by atoms with E-state index in [1.807, 2.05) is 0 Å². The molecule has 1 aromatic rings. The molecule has 112 valence electrons. The number of carbonyl (C=O) groups is 1. The van der Waals surface area contributed by atoms with Crippen molar-refractivity contribution in [3.63, 3.8) is 0 Å². The van der Waals surface area contributed by atoms with E-state index in [1.165, 1.54) is 22.6 Å². The number of amides is 1. The smallest absolute Gasteiger partial charge is 0.419 e. The molecular formula is C12H12F4INO2. The average molecular weight is 405 g/mol. The second kappa shape index (κ2) is 5.74. The van der Waals surface area contributed by atoms with Crippen molar-refractivity contribution >= 4 is 34.4 Å². The van der Waals surface area contributed by atoms with Gasteiger partial charge in [0.2, 0.25) is 0 Å². The molecule has 0 spiro atoms. The van der Waals surface area contributed by atoms with Crippen molar-refractivity contribution in [3.8, 4) is 0 Å². The maximum absolute atomic E-state index is 13.6. The topological polar surface area (TPSA) is 38.3 Å². The molecule has 0 aromatic heterocycles. The van der Waals surface area contributed by atoms with E-state index >= 15 is 0 Å². The fraction of sp³-hybridized carbons (Fsp3) is 0.417. The molecule has 0 saturated carbocycles. The number of anilines is 1. The molecule has 0 aliphatic carbocycles. The van der Waals surface area contributed by atoms with Crippen molar-refractivity contribution in [1.29, 1.82) is 0 Å². The van der Waals surface area contributed by atoms with E-state index in [2.05, 4.69) is 5.32 Å². The van der Waals surface area contributed by atoms with Crippen molar-refractivity contribution < 1.29 is 27.1 Å². The summed E-state index contributed by atoms with van der Waals surface area (Å²) in [6.45, 7) is 4.89. The van der Waals surface area contributed by atoms with E-state index in [0.29, 0.717) is 6.07 Å². The Morgan fingerprint density at radius 3 is 2.25 bits per heavy atom. The predicted molar refractivity (Wildman–Crippen MR) is 74.0 cm³/mol. The van der Waals surface area contributed by atoms with Crippen LogP contribution in [0.25, 0.3) is 0 Å². The number of hydrogen-bond donors (Lipinski definition) is 1. The van der Waals surface area contributed by atoms with Crippen LogP contribution in [0.1, 0.15) is 26.3 Å². The van der Waals surface area contributed by atoms with Crippen LogP contribution >= 0.6 is 22.6 Å². The first-order valence-electron chi connectivity index (χ1n) is 5.47. The maximum atomic E-state index is 13.6. The first-order chi connectivity index (χ1) is 8.92. The Morgan fingerprint density at radius 1 is 1.25 bits per heavy atom. The number of alkyl halides is 3. The molecule has 1 aromatic carbocycles. The minimum absolute atomic E-state index is 0.0784. The highest BCUT2D eigenvalue weighted by Crippen LogP contribution is 2.35. The van der Waals surface area contributed by atoms with E-state index < -0.39 is 29.3 Å². The standard InChI is InChI=1S/C12H12F4INO2/c1-11(2,3)20-10(19)18-7-5-4-6(12(14,15)16)8(13)9(7)17/h4-5H,1-3H3,(H,18,19). The van der Waals surface area contributed by atoms with Crippen molar-refractivity contribution in [3.05, 3.63) is 27.1 Å². The highest BCUT2D eigenvalue weighted by atomic mass is 127. The van der Waals surface area contributed by atoms with Crippen LogP contribution in [-0.4, -0.2) is 11.7 Å². The van der Waals surface area contributed by atoms with E-state index in [-0.39, 0.29) is 9.26 Å². The maximum Gasteiger partial charge on any atom is 0.419 e. The lowest BCUT2D eigenvalue weighted by Gasteiger charge is -2.20. The number of benzene rings is 1. The summed E-state index contributed by atoms with van der Waals surface area (Å²) in [5.74, 6) is -1.42. The van der Waals surface area contributed by atoms with Crippen LogP contribution in [0.3, 0.4) is 0 Å². The van der Waals surface area contributed by atoms with Gasteiger partial charge in [0, 0.05) is 0 Å². The van der Waals surface area contributed by atoms with Crippen molar-refractivity contribution in [2.75, 3.05) is 5.32 Å². The number of nitrogens with one attached hydrogen (secondary N) is 1. The highest BCUT2D eigenvalue weighted by molar-refractivity contribution is 14.1. The second-order valence-electron chi connectivity index (χ2n) is 4.91. The molecule has 0 bridgehead atoms. The zero-order valence-corrected chi connectivity index (χ0v) is 13.0. The Balaban J connectivity index is 3.00. The summed E-state index contributed by atoms with van der Waals surface area (Å²) >= 11 is 1.40. The first kappa shape index (κ1) is 17.0. The largest absolute Gasteiger partial charge is 0.444 e. The van der Waals surface area contributed by atoms with E-state index in [4.69, 9.17) is 4.74 Å². The molecule has 1 rings (SSSR count). The van der Waals surface area contributed by atoms with Gasteiger partial charge in [-0.2, -0.15) is 13.2 Å². The fourth-order valence-corrected chi connectivity index (χ4v) is 1.88. The van der Waals surface area contributed by atoms with E-state index in [9.17, 15) is 22.4 Å². The molecular weight excluding hydrogens is 393 g/mol. The second-order valence-corrected chi connectivity index (χ2v) is 5.99. The molecule has 0 aliphatic heterocycles. The van der Waals surface area contributed by atoms with Gasteiger partial charge >= 0.3 is 12.3 Å². The van der Waals surface area contributed by atoms with Gasteiger partial charge in [-0.3, -0.25) is 5.32 Å². The third-order valence-corrected chi connectivity index (χ3v) is 3.08. The first-order valence-corrected chi connectivity index (χ1v) is 6.55. The molecule has 3 nitrogen and oxygen atoms in total. The van der Waals surface area contributed by atoms with E-state index in [1.54, 1.807) is 20.8 Å². The van der Waals surface area contributed by atoms with Gasteiger partial charge in [0.15, 0.2) is 5.82 Å². The zero-order valence-electron chi connectivity index (χ0n) is 10.9. The summed E-state index contributed by atoms with van der Waals surface area (Å²) < 4.78 is 55.7. The molecule has 0 radical (unpaired) electrons. The Morgan fingerprint density at radius 2 is 1.80 bits per heavy atom. The van der Waals surface area contributed by atoms with Gasteiger partial charge < -0.3 is 4.74 Å². The van der Waals surface area contributed by atoms with Crippen LogP contribution in [0.5, 0.6) is 0 Å². The summed E-state index contributed by atoms with van der Waals surface area (Å²) in [7, 11) is 0. The number of rotatable bonds is 1. The summed E-state index contributed by atoms with van der Waals surface area (Å²) in [6.07, 6.45) is -5.65. The normalized spacial score (nSPS) is 12.2.